The molecule has 0 fully saturated rings. The van der Waals surface area contributed by atoms with Crippen LogP contribution in [0.15, 0.2) is 40.9 Å². The molecule has 2 N–H and O–H groups in total. The lowest BCUT2D eigenvalue weighted by atomic mass is 10.2. The molecule has 0 unspecified atom stereocenters. The Morgan fingerprint density at radius 2 is 1.94 bits per heavy atom. The summed E-state index contributed by atoms with van der Waals surface area (Å²) in [6.45, 7) is 0.187. The van der Waals surface area contributed by atoms with Crippen molar-refractivity contribution in [2.45, 2.75) is 6.61 Å². The second-order valence-electron chi connectivity index (χ2n) is 3.72. The van der Waals surface area contributed by atoms with Gasteiger partial charge in [0.1, 0.15) is 23.9 Å². The van der Waals surface area contributed by atoms with Crippen molar-refractivity contribution >= 4 is 21.6 Å². The summed E-state index contributed by atoms with van der Waals surface area (Å²) in [5.74, 6) is -1.53. The van der Waals surface area contributed by atoms with E-state index in [-0.39, 0.29) is 18.0 Å². The molecule has 0 aliphatic heterocycles. The van der Waals surface area contributed by atoms with Gasteiger partial charge in [-0.15, -0.1) is 0 Å². The van der Waals surface area contributed by atoms with E-state index in [0.29, 0.717) is 0 Å². The minimum absolute atomic E-state index is 0.00692. The normalized spacial score (nSPS) is 10.4. The molecule has 2 nitrogen and oxygen atoms in total. The second-order valence-corrected chi connectivity index (χ2v) is 4.63. The average molecular weight is 314 g/mol. The molecule has 0 bridgehead atoms. The van der Waals surface area contributed by atoms with Gasteiger partial charge in [-0.2, -0.15) is 0 Å². The van der Waals surface area contributed by atoms with Crippen LogP contribution < -0.4 is 10.5 Å². The van der Waals surface area contributed by atoms with E-state index in [1.54, 1.807) is 0 Å². The number of rotatable bonds is 3. The van der Waals surface area contributed by atoms with Crippen LogP contribution in [0, 0.1) is 11.6 Å². The number of nitrogens with two attached hydrogens (primary N) is 1. The van der Waals surface area contributed by atoms with Crippen molar-refractivity contribution in [3.05, 3.63) is 58.1 Å². The monoisotopic (exact) mass is 313 g/mol. The maximum absolute atomic E-state index is 13.2. The molecule has 0 heterocycles. The first-order valence-electron chi connectivity index (χ1n) is 5.18. The predicted octanol–water partition coefficient (Wildman–Crippen LogP) is 3.89. The molecule has 0 aliphatic carbocycles. The van der Waals surface area contributed by atoms with E-state index in [1.807, 2.05) is 24.3 Å². The zero-order chi connectivity index (χ0) is 13.1. The fraction of sp³-hybridized carbons (Fsp3) is 0.0769. The smallest absolute Gasteiger partial charge is 0.152 e. The summed E-state index contributed by atoms with van der Waals surface area (Å²) < 4.78 is 32.4. The molecule has 0 spiro atoms. The highest BCUT2D eigenvalue weighted by molar-refractivity contribution is 9.10. The highest BCUT2D eigenvalue weighted by Gasteiger charge is 2.09. The van der Waals surface area contributed by atoms with Crippen LogP contribution in [-0.2, 0) is 6.61 Å². The Balaban J connectivity index is 2.15. The summed E-state index contributed by atoms with van der Waals surface area (Å²) in [5.41, 5.74) is 6.15. The van der Waals surface area contributed by atoms with Gasteiger partial charge in [-0.3, -0.25) is 0 Å². The molecular formula is C13H10BrF2NO. The van der Waals surface area contributed by atoms with Gasteiger partial charge in [0.15, 0.2) is 5.82 Å². The van der Waals surface area contributed by atoms with E-state index < -0.39 is 11.6 Å². The SMILES string of the molecule is Nc1c(F)cc(F)cc1OCc1cccc(Br)c1. The maximum Gasteiger partial charge on any atom is 0.152 e. The summed E-state index contributed by atoms with van der Waals surface area (Å²) in [5, 5.41) is 0. The molecule has 2 rings (SSSR count). The van der Waals surface area contributed by atoms with Crippen LogP contribution in [0.3, 0.4) is 0 Å². The Bertz CT molecular complexity index is 575. The average Bonchev–Trinajstić information content (AvgIpc) is 2.32. The van der Waals surface area contributed by atoms with Crippen LogP contribution in [-0.4, -0.2) is 0 Å². The lowest BCUT2D eigenvalue weighted by Gasteiger charge is -2.10. The first-order valence-corrected chi connectivity index (χ1v) is 5.97. The highest BCUT2D eigenvalue weighted by Crippen LogP contribution is 2.26. The fourth-order valence-corrected chi connectivity index (χ4v) is 1.92. The highest BCUT2D eigenvalue weighted by atomic mass is 79.9. The standard InChI is InChI=1S/C13H10BrF2NO/c14-9-3-1-2-8(4-9)7-18-12-6-10(15)5-11(16)13(12)17/h1-6H,7,17H2. The van der Waals surface area contributed by atoms with E-state index in [9.17, 15) is 8.78 Å². The van der Waals surface area contributed by atoms with Gasteiger partial charge in [-0.1, -0.05) is 28.1 Å². The molecule has 0 radical (unpaired) electrons. The topological polar surface area (TPSA) is 35.2 Å². The Labute approximate surface area is 112 Å². The van der Waals surface area contributed by atoms with Gasteiger partial charge in [0.05, 0.1) is 0 Å². The van der Waals surface area contributed by atoms with Crippen molar-refractivity contribution in [1.29, 1.82) is 0 Å². The van der Waals surface area contributed by atoms with E-state index >= 15 is 0 Å². The molecule has 0 atom stereocenters. The molecule has 2 aromatic carbocycles. The lowest BCUT2D eigenvalue weighted by molar-refractivity contribution is 0.304. The molecule has 5 heteroatoms. The fourth-order valence-electron chi connectivity index (χ4n) is 1.47. The minimum Gasteiger partial charge on any atom is -0.487 e. The molecule has 0 aromatic heterocycles. The number of benzene rings is 2. The number of ether oxygens (including phenoxy) is 1. The first-order chi connectivity index (χ1) is 8.56. The molecule has 0 aliphatic rings. The zero-order valence-corrected chi connectivity index (χ0v) is 10.9. The Morgan fingerprint density at radius 1 is 1.17 bits per heavy atom. The van der Waals surface area contributed by atoms with E-state index in [4.69, 9.17) is 10.5 Å². The van der Waals surface area contributed by atoms with Crippen LogP contribution in [0.25, 0.3) is 0 Å². The predicted molar refractivity (Wildman–Crippen MR) is 69.2 cm³/mol. The van der Waals surface area contributed by atoms with Crippen LogP contribution in [0.5, 0.6) is 5.75 Å². The quantitative estimate of drug-likeness (QED) is 0.873. The van der Waals surface area contributed by atoms with E-state index in [1.165, 1.54) is 0 Å². The summed E-state index contributed by atoms with van der Waals surface area (Å²) >= 11 is 3.33. The van der Waals surface area contributed by atoms with Gasteiger partial charge in [0.25, 0.3) is 0 Å². The lowest BCUT2D eigenvalue weighted by Crippen LogP contribution is -2.01. The molecule has 2 aromatic rings. The van der Waals surface area contributed by atoms with Crippen molar-refractivity contribution in [2.75, 3.05) is 5.73 Å². The maximum atomic E-state index is 13.2. The van der Waals surface area contributed by atoms with Crippen molar-refractivity contribution in [3.63, 3.8) is 0 Å². The third-order valence-electron chi connectivity index (χ3n) is 2.34. The molecule has 18 heavy (non-hydrogen) atoms. The van der Waals surface area contributed by atoms with Gasteiger partial charge in [0, 0.05) is 16.6 Å². The molecule has 0 saturated heterocycles. The molecule has 0 saturated carbocycles. The summed E-state index contributed by atoms with van der Waals surface area (Å²) in [6, 6.07) is 9.21. The van der Waals surface area contributed by atoms with Crippen molar-refractivity contribution in [2.24, 2.45) is 0 Å². The van der Waals surface area contributed by atoms with E-state index in [2.05, 4.69) is 15.9 Å². The number of halogens is 3. The van der Waals surface area contributed by atoms with E-state index in [0.717, 1.165) is 22.2 Å². The number of nitrogen functional groups attached to an aromatic ring is 1. The van der Waals surface area contributed by atoms with Crippen LogP contribution in [0.2, 0.25) is 0 Å². The molecule has 94 valence electrons. The number of hydrogen-bond acceptors (Lipinski definition) is 2. The Morgan fingerprint density at radius 3 is 2.67 bits per heavy atom. The third kappa shape index (κ3) is 2.98. The van der Waals surface area contributed by atoms with Gasteiger partial charge in [-0.25, -0.2) is 8.78 Å². The minimum atomic E-state index is -0.820. The summed E-state index contributed by atoms with van der Waals surface area (Å²) in [7, 11) is 0. The van der Waals surface area contributed by atoms with Crippen LogP contribution in [0.4, 0.5) is 14.5 Å². The molecular weight excluding hydrogens is 304 g/mol. The second kappa shape index (κ2) is 5.35. The van der Waals surface area contributed by atoms with Crippen molar-refractivity contribution in [3.8, 4) is 5.75 Å². The first kappa shape index (κ1) is 12.8. The molecule has 0 amide bonds. The number of anilines is 1. The third-order valence-corrected chi connectivity index (χ3v) is 2.83. The Kier molecular flexibility index (Phi) is 3.81. The van der Waals surface area contributed by atoms with Gasteiger partial charge in [-0.05, 0) is 17.7 Å². The Hall–Kier alpha value is -1.62. The number of hydrogen-bond donors (Lipinski definition) is 1. The summed E-state index contributed by atoms with van der Waals surface area (Å²) in [4.78, 5) is 0. The zero-order valence-electron chi connectivity index (χ0n) is 9.29. The largest absolute Gasteiger partial charge is 0.487 e. The summed E-state index contributed by atoms with van der Waals surface area (Å²) in [6.07, 6.45) is 0. The van der Waals surface area contributed by atoms with Gasteiger partial charge >= 0.3 is 0 Å². The van der Waals surface area contributed by atoms with Crippen molar-refractivity contribution in [1.82, 2.24) is 0 Å². The van der Waals surface area contributed by atoms with Crippen molar-refractivity contribution < 1.29 is 13.5 Å². The van der Waals surface area contributed by atoms with Crippen LogP contribution in [0.1, 0.15) is 5.56 Å². The van der Waals surface area contributed by atoms with Gasteiger partial charge in [0.2, 0.25) is 0 Å². The van der Waals surface area contributed by atoms with Crippen LogP contribution >= 0.6 is 15.9 Å². The van der Waals surface area contributed by atoms with Gasteiger partial charge < -0.3 is 10.5 Å².